The van der Waals surface area contributed by atoms with Gasteiger partial charge in [0, 0.05) is 60.8 Å². The lowest BCUT2D eigenvalue weighted by atomic mass is 10.1. The maximum Gasteiger partial charge on any atom is 0.276 e. The first kappa shape index (κ1) is 23.8. The van der Waals surface area contributed by atoms with Crippen LogP contribution in [0, 0.1) is 5.82 Å². The number of imidazole rings is 1. The largest absolute Gasteiger partial charge is 0.481 e. The highest BCUT2D eigenvalue weighted by molar-refractivity contribution is 6.30. The fourth-order valence-corrected chi connectivity index (χ4v) is 5.69. The Labute approximate surface area is 218 Å². The molecule has 2 atom stereocenters. The van der Waals surface area contributed by atoms with Gasteiger partial charge in [0.25, 0.3) is 5.91 Å². The molecule has 2 aliphatic rings. The fourth-order valence-electron chi connectivity index (χ4n) is 5.57. The third-order valence-electron chi connectivity index (χ3n) is 7.33. The van der Waals surface area contributed by atoms with Crippen molar-refractivity contribution in [2.45, 2.75) is 37.9 Å². The number of carbonyl (C=O) groups excluding carboxylic acids is 1. The minimum atomic E-state index is -0.628. The van der Waals surface area contributed by atoms with Crippen LogP contribution in [0.25, 0.3) is 17.0 Å². The maximum absolute atomic E-state index is 14.6. The van der Waals surface area contributed by atoms with Gasteiger partial charge in [0.15, 0.2) is 11.5 Å². The van der Waals surface area contributed by atoms with Crippen molar-refractivity contribution in [1.29, 1.82) is 0 Å². The summed E-state index contributed by atoms with van der Waals surface area (Å²) in [4.78, 5) is 31.1. The molecule has 0 saturated carbocycles. The first-order chi connectivity index (χ1) is 18.0. The van der Waals surface area contributed by atoms with Gasteiger partial charge in [0.1, 0.15) is 0 Å². The zero-order valence-corrected chi connectivity index (χ0v) is 21.1. The van der Waals surface area contributed by atoms with E-state index < -0.39 is 5.82 Å². The molecule has 2 bridgehead atoms. The van der Waals surface area contributed by atoms with Crippen LogP contribution in [0.2, 0.25) is 5.02 Å². The molecule has 5 heterocycles. The smallest absolute Gasteiger partial charge is 0.276 e. The Hall–Kier alpha value is -3.56. The Bertz CT molecular complexity index is 1460. The van der Waals surface area contributed by atoms with E-state index in [9.17, 15) is 9.18 Å². The zero-order valence-electron chi connectivity index (χ0n) is 20.3. The van der Waals surface area contributed by atoms with Gasteiger partial charge in [-0.25, -0.2) is 19.3 Å². The number of amides is 1. The molecule has 8 nitrogen and oxygen atoms in total. The lowest BCUT2D eigenvalue weighted by Crippen LogP contribution is -2.43. The first-order valence-corrected chi connectivity index (χ1v) is 12.7. The van der Waals surface area contributed by atoms with Gasteiger partial charge in [0.2, 0.25) is 11.7 Å². The number of nitrogens with zero attached hydrogens (tertiary/aromatic N) is 6. The summed E-state index contributed by atoms with van der Waals surface area (Å²) in [6, 6.07) is 12.2. The standard InChI is InChI=1S/C27H26ClFN6O2/c1-37-23-10-9-21(29)25(31-23)26(36)35-19-7-8-20(35)15-33(14-11-19)16-22-24(17-3-5-18(28)6-4-17)32-27-30-12-2-13-34(22)27/h2-6,9-10,12-13,19-20H,7-8,11,14-16H2,1H3. The molecule has 1 amide bonds. The highest BCUT2D eigenvalue weighted by Crippen LogP contribution is 2.34. The summed E-state index contributed by atoms with van der Waals surface area (Å²) in [6.07, 6.45) is 6.29. The Morgan fingerprint density at radius 3 is 2.73 bits per heavy atom. The monoisotopic (exact) mass is 520 g/mol. The van der Waals surface area contributed by atoms with Crippen molar-refractivity contribution < 1.29 is 13.9 Å². The predicted octanol–water partition coefficient (Wildman–Crippen LogP) is 4.47. The highest BCUT2D eigenvalue weighted by Gasteiger charge is 2.41. The Morgan fingerprint density at radius 1 is 1.11 bits per heavy atom. The van der Waals surface area contributed by atoms with Crippen LogP contribution in [0.4, 0.5) is 4.39 Å². The van der Waals surface area contributed by atoms with Crippen LogP contribution in [-0.2, 0) is 6.54 Å². The number of halogens is 2. The quantitative estimate of drug-likeness (QED) is 0.386. The van der Waals surface area contributed by atoms with Crippen molar-refractivity contribution in [1.82, 2.24) is 29.2 Å². The van der Waals surface area contributed by atoms with Gasteiger partial charge in [-0.05, 0) is 43.5 Å². The second kappa shape index (κ2) is 9.72. The van der Waals surface area contributed by atoms with Gasteiger partial charge >= 0.3 is 0 Å². The van der Waals surface area contributed by atoms with Crippen molar-refractivity contribution in [2.24, 2.45) is 0 Å². The van der Waals surface area contributed by atoms with Gasteiger partial charge < -0.3 is 9.64 Å². The van der Waals surface area contributed by atoms with E-state index in [1.54, 1.807) is 6.20 Å². The van der Waals surface area contributed by atoms with E-state index in [1.165, 1.54) is 19.2 Å². The number of pyridine rings is 1. The molecule has 0 N–H and O–H groups in total. The van der Waals surface area contributed by atoms with E-state index in [-0.39, 0.29) is 29.6 Å². The van der Waals surface area contributed by atoms with Gasteiger partial charge in [-0.2, -0.15) is 0 Å². The molecule has 2 unspecified atom stereocenters. The van der Waals surface area contributed by atoms with Crippen LogP contribution >= 0.6 is 11.6 Å². The average Bonchev–Trinajstić information content (AvgIpc) is 3.42. The topological polar surface area (TPSA) is 75.9 Å². The SMILES string of the molecule is COc1ccc(F)c(C(=O)N2C3CCC2CN(Cc2c(-c4ccc(Cl)cc4)nc4ncccn24)CC3)n1. The lowest BCUT2D eigenvalue weighted by molar-refractivity contribution is 0.0657. The number of likely N-dealkylation sites (tertiary alicyclic amines) is 1. The third kappa shape index (κ3) is 4.42. The number of hydrogen-bond donors (Lipinski definition) is 0. The van der Waals surface area contributed by atoms with Crippen molar-refractivity contribution in [2.75, 3.05) is 20.2 Å². The predicted molar refractivity (Wildman–Crippen MR) is 137 cm³/mol. The molecule has 0 spiro atoms. The second-order valence-corrected chi connectivity index (χ2v) is 9.95. The number of rotatable bonds is 5. The summed E-state index contributed by atoms with van der Waals surface area (Å²) in [5, 5.41) is 0.669. The summed E-state index contributed by atoms with van der Waals surface area (Å²) in [5.74, 6) is -0.136. The third-order valence-corrected chi connectivity index (χ3v) is 7.58. The summed E-state index contributed by atoms with van der Waals surface area (Å²) in [7, 11) is 1.45. The van der Waals surface area contributed by atoms with Crippen LogP contribution in [0.15, 0.2) is 54.9 Å². The molecule has 4 aromatic rings. The number of carbonyl (C=O) groups is 1. The number of hydrogen-bond acceptors (Lipinski definition) is 6. The van der Waals surface area contributed by atoms with E-state index in [1.807, 2.05) is 45.8 Å². The molecule has 2 aliphatic heterocycles. The van der Waals surface area contributed by atoms with Crippen molar-refractivity contribution in [3.8, 4) is 17.1 Å². The molecule has 0 radical (unpaired) electrons. The number of aromatic nitrogens is 4. The van der Waals surface area contributed by atoms with Crippen LogP contribution in [-0.4, -0.2) is 67.3 Å². The van der Waals surface area contributed by atoms with E-state index in [4.69, 9.17) is 21.3 Å². The van der Waals surface area contributed by atoms with Gasteiger partial charge in [-0.1, -0.05) is 23.7 Å². The normalized spacial score (nSPS) is 19.8. The molecule has 0 aliphatic carbocycles. The Balaban J connectivity index is 1.29. The molecule has 3 aromatic heterocycles. The Morgan fingerprint density at radius 2 is 1.92 bits per heavy atom. The molecule has 37 heavy (non-hydrogen) atoms. The van der Waals surface area contributed by atoms with E-state index >= 15 is 0 Å². The minimum absolute atomic E-state index is 0.0244. The van der Waals surface area contributed by atoms with E-state index in [0.29, 0.717) is 23.9 Å². The van der Waals surface area contributed by atoms with Gasteiger partial charge in [-0.15, -0.1) is 0 Å². The van der Waals surface area contributed by atoms with Gasteiger partial charge in [0.05, 0.1) is 18.5 Å². The van der Waals surface area contributed by atoms with Crippen LogP contribution in [0.3, 0.4) is 0 Å². The molecule has 10 heteroatoms. The molecule has 6 rings (SSSR count). The molecular formula is C27H26ClFN6O2. The number of benzene rings is 1. The van der Waals surface area contributed by atoms with Crippen LogP contribution in [0.1, 0.15) is 35.4 Å². The summed E-state index contributed by atoms with van der Waals surface area (Å²) in [5.41, 5.74) is 2.68. The molecule has 190 valence electrons. The number of fused-ring (bicyclic) bond motifs is 3. The average molecular weight is 521 g/mol. The van der Waals surface area contributed by atoms with E-state index in [0.717, 1.165) is 42.8 Å². The van der Waals surface area contributed by atoms with Gasteiger partial charge in [-0.3, -0.25) is 14.1 Å². The summed E-state index contributed by atoms with van der Waals surface area (Å²) in [6.45, 7) is 2.13. The maximum atomic E-state index is 14.6. The molecule has 2 saturated heterocycles. The van der Waals surface area contributed by atoms with Crippen molar-refractivity contribution >= 4 is 23.3 Å². The second-order valence-electron chi connectivity index (χ2n) is 9.51. The van der Waals surface area contributed by atoms with Crippen LogP contribution < -0.4 is 4.74 Å². The molecular weight excluding hydrogens is 495 g/mol. The van der Waals surface area contributed by atoms with Crippen LogP contribution in [0.5, 0.6) is 5.88 Å². The lowest BCUT2D eigenvalue weighted by Gasteiger charge is -2.29. The Kier molecular flexibility index (Phi) is 6.26. The summed E-state index contributed by atoms with van der Waals surface area (Å²) >= 11 is 6.12. The van der Waals surface area contributed by atoms with Crippen molar-refractivity contribution in [3.05, 3.63) is 77.1 Å². The highest BCUT2D eigenvalue weighted by atomic mass is 35.5. The first-order valence-electron chi connectivity index (χ1n) is 12.4. The minimum Gasteiger partial charge on any atom is -0.481 e. The molecule has 1 aromatic carbocycles. The number of ether oxygens (including phenoxy) is 1. The number of methoxy groups -OCH3 is 1. The van der Waals surface area contributed by atoms with E-state index in [2.05, 4.69) is 14.9 Å². The zero-order chi connectivity index (χ0) is 25.5. The van der Waals surface area contributed by atoms with Crippen molar-refractivity contribution in [3.63, 3.8) is 0 Å². The fraction of sp³-hybridized carbons (Fsp3) is 0.333. The molecule has 2 fully saturated rings. The summed E-state index contributed by atoms with van der Waals surface area (Å²) < 4.78 is 21.7.